The van der Waals surface area contributed by atoms with Crippen LogP contribution in [-0.4, -0.2) is 56.4 Å². The van der Waals surface area contributed by atoms with Crippen molar-refractivity contribution in [3.8, 4) is 0 Å². The van der Waals surface area contributed by atoms with E-state index in [9.17, 15) is 9.59 Å². The number of hydrogen-bond acceptors (Lipinski definition) is 6. The van der Waals surface area contributed by atoms with Crippen LogP contribution >= 0.6 is 0 Å². The van der Waals surface area contributed by atoms with Crippen molar-refractivity contribution in [2.45, 2.75) is 39.2 Å². The minimum Gasteiger partial charge on any atom is -0.341 e. The van der Waals surface area contributed by atoms with Crippen molar-refractivity contribution in [2.24, 2.45) is 5.41 Å². The highest BCUT2D eigenvalue weighted by Gasteiger charge is 2.49. The van der Waals surface area contributed by atoms with E-state index in [1.807, 2.05) is 17.0 Å². The largest absolute Gasteiger partial charge is 0.341 e. The summed E-state index contributed by atoms with van der Waals surface area (Å²) in [6, 6.07) is 3.86. The smallest absolute Gasteiger partial charge is 0.236 e. The Hall–Kier alpha value is -2.77. The zero-order valence-corrected chi connectivity index (χ0v) is 15.4. The summed E-state index contributed by atoms with van der Waals surface area (Å²) in [5.74, 6) is 0.937. The van der Waals surface area contributed by atoms with E-state index in [1.165, 1.54) is 0 Å². The van der Waals surface area contributed by atoms with Crippen LogP contribution in [0.1, 0.15) is 36.5 Å². The first-order chi connectivity index (χ1) is 13.1. The second-order valence-electron chi connectivity index (χ2n) is 7.45. The fourth-order valence-corrected chi connectivity index (χ4v) is 4.13. The van der Waals surface area contributed by atoms with Gasteiger partial charge in [0.2, 0.25) is 17.7 Å². The molecule has 0 saturated carbocycles. The zero-order chi connectivity index (χ0) is 18.9. The molecule has 0 N–H and O–H groups in total. The highest BCUT2D eigenvalue weighted by Crippen LogP contribution is 2.40. The van der Waals surface area contributed by atoms with E-state index in [4.69, 9.17) is 4.52 Å². The van der Waals surface area contributed by atoms with E-state index in [2.05, 4.69) is 15.1 Å². The van der Waals surface area contributed by atoms with Crippen molar-refractivity contribution in [3.05, 3.63) is 41.8 Å². The minimum atomic E-state index is -0.457. The second-order valence-corrected chi connectivity index (χ2v) is 7.45. The number of carbonyl (C=O) groups excluding carboxylic acids is 2. The maximum absolute atomic E-state index is 13.1. The Bertz CT molecular complexity index is 837. The van der Waals surface area contributed by atoms with Crippen LogP contribution in [0.4, 0.5) is 0 Å². The van der Waals surface area contributed by atoms with Gasteiger partial charge in [-0.15, -0.1) is 0 Å². The second kappa shape index (κ2) is 7.09. The van der Waals surface area contributed by atoms with E-state index in [1.54, 1.807) is 24.2 Å². The topological polar surface area (TPSA) is 92.4 Å². The Morgan fingerprint density at radius 3 is 2.96 bits per heavy atom. The predicted octanol–water partition coefficient (Wildman–Crippen LogP) is 1.36. The Morgan fingerprint density at radius 1 is 1.33 bits per heavy atom. The maximum Gasteiger partial charge on any atom is 0.236 e. The highest BCUT2D eigenvalue weighted by atomic mass is 16.5. The predicted molar refractivity (Wildman–Crippen MR) is 95.3 cm³/mol. The highest BCUT2D eigenvalue weighted by molar-refractivity contribution is 5.86. The number of likely N-dealkylation sites (tertiary alicyclic amines) is 2. The summed E-state index contributed by atoms with van der Waals surface area (Å²) in [5, 5.41) is 3.72. The molecule has 27 heavy (non-hydrogen) atoms. The van der Waals surface area contributed by atoms with Gasteiger partial charge in [0.1, 0.15) is 6.42 Å². The molecule has 2 fully saturated rings. The van der Waals surface area contributed by atoms with Crippen LogP contribution in [0.2, 0.25) is 0 Å². The Morgan fingerprint density at radius 2 is 2.22 bits per heavy atom. The molecule has 2 saturated heterocycles. The molecule has 2 aliphatic heterocycles. The van der Waals surface area contributed by atoms with Gasteiger partial charge >= 0.3 is 0 Å². The Balaban J connectivity index is 1.42. The van der Waals surface area contributed by atoms with Gasteiger partial charge in [0.05, 0.1) is 5.41 Å². The normalized spacial score (nSPS) is 22.6. The lowest BCUT2D eigenvalue weighted by atomic mass is 9.78. The lowest BCUT2D eigenvalue weighted by Gasteiger charge is -2.39. The van der Waals surface area contributed by atoms with Gasteiger partial charge in [-0.3, -0.25) is 14.6 Å². The van der Waals surface area contributed by atoms with E-state index >= 15 is 0 Å². The number of aromatic nitrogens is 3. The molecule has 4 heterocycles. The maximum atomic E-state index is 13.1. The van der Waals surface area contributed by atoms with Crippen LogP contribution in [0, 0.1) is 12.3 Å². The standard InChI is InChI=1S/C19H23N5O3/c1-14-21-16(27-22-14)10-17(25)24-8-3-5-19(13-24)6-9-23(18(19)26)12-15-4-2-7-20-11-15/h2,4,7,11H,3,5-6,8-10,12-13H2,1H3. The summed E-state index contributed by atoms with van der Waals surface area (Å²) < 4.78 is 5.06. The molecule has 142 valence electrons. The Labute approximate surface area is 157 Å². The molecule has 0 aliphatic carbocycles. The van der Waals surface area contributed by atoms with Crippen molar-refractivity contribution < 1.29 is 14.1 Å². The summed E-state index contributed by atoms with van der Waals surface area (Å²) in [7, 11) is 0. The fourth-order valence-electron chi connectivity index (χ4n) is 4.13. The van der Waals surface area contributed by atoms with Crippen LogP contribution in [0.5, 0.6) is 0 Å². The van der Waals surface area contributed by atoms with Gasteiger partial charge in [0, 0.05) is 38.6 Å². The number of carbonyl (C=O) groups is 2. The molecule has 1 unspecified atom stereocenters. The first-order valence-electron chi connectivity index (χ1n) is 9.31. The molecule has 2 aliphatic rings. The molecular weight excluding hydrogens is 346 g/mol. The number of amides is 2. The van der Waals surface area contributed by atoms with Gasteiger partial charge < -0.3 is 14.3 Å². The average molecular weight is 369 g/mol. The summed E-state index contributed by atoms with van der Waals surface area (Å²) >= 11 is 0. The summed E-state index contributed by atoms with van der Waals surface area (Å²) in [6.45, 7) is 4.16. The van der Waals surface area contributed by atoms with Crippen LogP contribution in [0.25, 0.3) is 0 Å². The van der Waals surface area contributed by atoms with Crippen LogP contribution in [0.3, 0.4) is 0 Å². The zero-order valence-electron chi connectivity index (χ0n) is 15.4. The molecular formula is C19H23N5O3. The number of piperidine rings is 1. The first kappa shape index (κ1) is 17.6. The third-order valence-electron chi connectivity index (χ3n) is 5.50. The monoisotopic (exact) mass is 369 g/mol. The number of aryl methyl sites for hydroxylation is 1. The van der Waals surface area contributed by atoms with Gasteiger partial charge in [-0.25, -0.2) is 0 Å². The molecule has 2 aromatic heterocycles. The van der Waals surface area contributed by atoms with Gasteiger partial charge in [-0.05, 0) is 37.8 Å². The van der Waals surface area contributed by atoms with Crippen LogP contribution < -0.4 is 0 Å². The fraction of sp³-hybridized carbons (Fsp3) is 0.526. The van der Waals surface area contributed by atoms with E-state index in [-0.39, 0.29) is 18.2 Å². The van der Waals surface area contributed by atoms with Gasteiger partial charge in [0.25, 0.3) is 0 Å². The van der Waals surface area contributed by atoms with Crippen molar-refractivity contribution in [1.29, 1.82) is 0 Å². The number of hydrogen-bond donors (Lipinski definition) is 0. The quantitative estimate of drug-likeness (QED) is 0.808. The van der Waals surface area contributed by atoms with Crippen molar-refractivity contribution in [2.75, 3.05) is 19.6 Å². The van der Waals surface area contributed by atoms with E-state index < -0.39 is 5.41 Å². The van der Waals surface area contributed by atoms with Gasteiger partial charge in [0.15, 0.2) is 5.82 Å². The third-order valence-corrected chi connectivity index (χ3v) is 5.50. The summed E-state index contributed by atoms with van der Waals surface area (Å²) in [6.07, 6.45) is 6.06. The van der Waals surface area contributed by atoms with Crippen LogP contribution in [-0.2, 0) is 22.6 Å². The molecule has 0 radical (unpaired) electrons. The van der Waals surface area contributed by atoms with E-state index in [0.717, 1.165) is 31.4 Å². The minimum absolute atomic E-state index is 0.0590. The molecule has 2 aromatic rings. The van der Waals surface area contributed by atoms with Gasteiger partial charge in [-0.1, -0.05) is 11.2 Å². The molecule has 0 aromatic carbocycles. The molecule has 1 atom stereocenters. The molecule has 8 heteroatoms. The lowest BCUT2D eigenvalue weighted by Crippen LogP contribution is -2.50. The lowest BCUT2D eigenvalue weighted by molar-refractivity contribution is -0.143. The van der Waals surface area contributed by atoms with Crippen molar-refractivity contribution >= 4 is 11.8 Å². The van der Waals surface area contributed by atoms with Crippen molar-refractivity contribution in [1.82, 2.24) is 24.9 Å². The Kier molecular flexibility index (Phi) is 4.63. The molecule has 1 spiro atoms. The SMILES string of the molecule is Cc1noc(CC(=O)N2CCCC3(CCN(Cc4cccnc4)C3=O)C2)n1. The summed E-state index contributed by atoms with van der Waals surface area (Å²) in [4.78, 5) is 37.7. The van der Waals surface area contributed by atoms with Gasteiger partial charge in [-0.2, -0.15) is 4.98 Å². The molecule has 4 rings (SSSR count). The van der Waals surface area contributed by atoms with Crippen molar-refractivity contribution in [3.63, 3.8) is 0 Å². The summed E-state index contributed by atoms with van der Waals surface area (Å²) in [5.41, 5.74) is 0.569. The van der Waals surface area contributed by atoms with E-state index in [0.29, 0.717) is 31.3 Å². The first-order valence-corrected chi connectivity index (χ1v) is 9.31. The molecule has 2 amide bonds. The number of rotatable bonds is 4. The van der Waals surface area contributed by atoms with Crippen LogP contribution in [0.15, 0.2) is 29.0 Å². The molecule has 8 nitrogen and oxygen atoms in total. The number of pyridine rings is 1. The average Bonchev–Trinajstić information content (AvgIpc) is 3.21. The third kappa shape index (κ3) is 3.56. The molecule has 0 bridgehead atoms. The number of nitrogens with zero attached hydrogens (tertiary/aromatic N) is 5.